The van der Waals surface area contributed by atoms with Gasteiger partial charge in [-0.05, 0) is 60.5 Å². The van der Waals surface area contributed by atoms with Crippen LogP contribution in [0.2, 0.25) is 5.02 Å². The van der Waals surface area contributed by atoms with Gasteiger partial charge in [0.15, 0.2) is 0 Å². The van der Waals surface area contributed by atoms with E-state index in [-0.39, 0.29) is 23.7 Å². The Bertz CT molecular complexity index is 1230. The zero-order chi connectivity index (χ0) is 25.8. The van der Waals surface area contributed by atoms with Crippen LogP contribution < -0.4 is 10.2 Å². The van der Waals surface area contributed by atoms with E-state index in [0.717, 1.165) is 50.4 Å². The van der Waals surface area contributed by atoms with Crippen LogP contribution in [0.1, 0.15) is 32.8 Å². The van der Waals surface area contributed by atoms with Gasteiger partial charge in [0.2, 0.25) is 0 Å². The van der Waals surface area contributed by atoms with Gasteiger partial charge in [-0.3, -0.25) is 19.5 Å². The Morgan fingerprint density at radius 2 is 1.68 bits per heavy atom. The van der Waals surface area contributed by atoms with E-state index < -0.39 is 0 Å². The monoisotopic (exact) mass is 521 g/mol. The molecule has 1 N–H and O–H groups in total. The van der Waals surface area contributed by atoms with Crippen molar-refractivity contribution in [3.05, 3.63) is 94.5 Å². The van der Waals surface area contributed by atoms with Gasteiger partial charge in [-0.2, -0.15) is 0 Å². The number of nitrogens with one attached hydrogen (secondary N) is 1. The fraction of sp³-hybridized carbons (Fsp3) is 0.321. The van der Waals surface area contributed by atoms with Crippen LogP contribution in [0.15, 0.2) is 66.9 Å². The molecule has 2 saturated heterocycles. The number of amides is 2. The Hall–Kier alpha value is -3.49. The number of piperazine rings is 1. The summed E-state index contributed by atoms with van der Waals surface area (Å²) in [5, 5.41) is 3.75. The molecule has 0 radical (unpaired) electrons. The minimum Gasteiger partial charge on any atom is -0.368 e. The minimum absolute atomic E-state index is 0.0213. The summed E-state index contributed by atoms with van der Waals surface area (Å²) in [4.78, 5) is 36.3. The third kappa shape index (κ3) is 6.26. The van der Waals surface area contributed by atoms with Crippen molar-refractivity contribution in [2.45, 2.75) is 19.0 Å². The Morgan fingerprint density at radius 3 is 2.35 bits per heavy atom. The van der Waals surface area contributed by atoms with E-state index in [0.29, 0.717) is 29.4 Å². The molecule has 2 amide bonds. The van der Waals surface area contributed by atoms with Crippen LogP contribution in [-0.2, 0) is 6.54 Å². The normalized spacial score (nSPS) is 18.2. The third-order valence-corrected chi connectivity index (χ3v) is 7.18. The number of hydrogen-bond donors (Lipinski definition) is 1. The van der Waals surface area contributed by atoms with Crippen LogP contribution in [0.25, 0.3) is 0 Å². The molecule has 7 nitrogen and oxygen atoms in total. The highest BCUT2D eigenvalue weighted by atomic mass is 35.5. The lowest BCUT2D eigenvalue weighted by Gasteiger charge is -2.36. The Balaban J connectivity index is 1.10. The molecule has 0 saturated carbocycles. The number of aromatic nitrogens is 1. The summed E-state index contributed by atoms with van der Waals surface area (Å²) < 4.78 is 13.1. The highest BCUT2D eigenvalue weighted by Gasteiger charge is 2.26. The molecule has 2 aliphatic rings. The fourth-order valence-electron chi connectivity index (χ4n) is 4.86. The molecular weight excluding hydrogens is 493 g/mol. The number of hydrogen-bond acceptors (Lipinski definition) is 5. The van der Waals surface area contributed by atoms with Crippen molar-refractivity contribution in [1.82, 2.24) is 20.1 Å². The van der Waals surface area contributed by atoms with Gasteiger partial charge in [-0.1, -0.05) is 23.7 Å². The Kier molecular flexibility index (Phi) is 7.67. The lowest BCUT2D eigenvalue weighted by Crippen LogP contribution is -2.48. The van der Waals surface area contributed by atoms with Gasteiger partial charge in [0.05, 0.1) is 5.56 Å². The van der Waals surface area contributed by atoms with Crippen molar-refractivity contribution in [3.63, 3.8) is 0 Å². The van der Waals surface area contributed by atoms with Crippen molar-refractivity contribution < 1.29 is 14.0 Å². The maximum Gasteiger partial charge on any atom is 0.270 e. The first-order valence-corrected chi connectivity index (χ1v) is 12.9. The van der Waals surface area contributed by atoms with E-state index >= 15 is 0 Å². The number of carbonyl (C=O) groups is 2. The summed E-state index contributed by atoms with van der Waals surface area (Å²) in [6.45, 7) is 4.99. The molecule has 0 spiro atoms. The van der Waals surface area contributed by atoms with Gasteiger partial charge >= 0.3 is 0 Å². The zero-order valence-electron chi connectivity index (χ0n) is 20.4. The SMILES string of the molecule is O=C(NC1CCN(Cc2ccc(F)cc2)C1)c1ccc(C(=O)N2CCN(c3ccc(Cl)cc3)CC2)cn1. The molecule has 1 atom stereocenters. The number of carbonyl (C=O) groups excluding carboxylic acids is 2. The molecule has 3 aromatic rings. The summed E-state index contributed by atoms with van der Waals surface area (Å²) in [5.74, 6) is -0.570. The molecule has 2 aromatic carbocycles. The number of pyridine rings is 1. The number of likely N-dealkylation sites (tertiary alicyclic amines) is 1. The van der Waals surface area contributed by atoms with E-state index in [2.05, 4.69) is 20.1 Å². The molecule has 0 aliphatic carbocycles. The van der Waals surface area contributed by atoms with Crippen molar-refractivity contribution >= 4 is 29.1 Å². The largest absolute Gasteiger partial charge is 0.368 e. The first-order chi connectivity index (χ1) is 17.9. The number of benzene rings is 2. The fourth-order valence-corrected chi connectivity index (χ4v) is 4.98. The maximum absolute atomic E-state index is 13.1. The lowest BCUT2D eigenvalue weighted by molar-refractivity contribution is 0.0745. The minimum atomic E-state index is -0.246. The first kappa shape index (κ1) is 25.2. The third-order valence-electron chi connectivity index (χ3n) is 6.93. The molecule has 9 heteroatoms. The first-order valence-electron chi connectivity index (χ1n) is 12.5. The molecule has 1 unspecified atom stereocenters. The number of nitrogens with zero attached hydrogens (tertiary/aromatic N) is 4. The summed E-state index contributed by atoms with van der Waals surface area (Å²) in [5.41, 5.74) is 2.90. The average Bonchev–Trinajstić information content (AvgIpc) is 3.36. The molecule has 5 rings (SSSR count). The summed E-state index contributed by atoms with van der Waals surface area (Å²) in [7, 11) is 0. The topological polar surface area (TPSA) is 68.8 Å². The standard InChI is InChI=1S/C28H29ClFN5O2/c29-22-4-8-25(9-5-22)34-13-15-35(16-14-34)28(37)21-3-10-26(31-17-21)27(36)32-24-11-12-33(19-24)18-20-1-6-23(30)7-2-20/h1-10,17,24H,11-16,18-19H2,(H,32,36). The Labute approximate surface area is 220 Å². The maximum atomic E-state index is 13.1. The van der Waals surface area contributed by atoms with Crippen molar-refractivity contribution in [3.8, 4) is 0 Å². The van der Waals surface area contributed by atoms with Crippen LogP contribution >= 0.6 is 11.6 Å². The van der Waals surface area contributed by atoms with Crippen LogP contribution in [0.3, 0.4) is 0 Å². The molecule has 192 valence electrons. The summed E-state index contributed by atoms with van der Waals surface area (Å²) >= 11 is 5.98. The molecule has 0 bridgehead atoms. The van der Waals surface area contributed by atoms with Gasteiger partial charge in [0.25, 0.3) is 11.8 Å². The van der Waals surface area contributed by atoms with Gasteiger partial charge in [-0.15, -0.1) is 0 Å². The van der Waals surface area contributed by atoms with Crippen LogP contribution in [-0.4, -0.2) is 71.9 Å². The second kappa shape index (κ2) is 11.3. The van der Waals surface area contributed by atoms with Crippen molar-refractivity contribution in [2.75, 3.05) is 44.2 Å². The van der Waals surface area contributed by atoms with Gasteiger partial charge in [0, 0.05) is 68.8 Å². The molecule has 3 heterocycles. The number of rotatable bonds is 6. The van der Waals surface area contributed by atoms with E-state index in [1.807, 2.05) is 29.2 Å². The van der Waals surface area contributed by atoms with Crippen molar-refractivity contribution in [1.29, 1.82) is 0 Å². The second-order valence-corrected chi connectivity index (χ2v) is 9.94. The predicted octanol–water partition coefficient (Wildman–Crippen LogP) is 3.84. The lowest BCUT2D eigenvalue weighted by atomic mass is 10.2. The zero-order valence-corrected chi connectivity index (χ0v) is 21.2. The second-order valence-electron chi connectivity index (χ2n) is 9.51. The summed E-state index contributed by atoms with van der Waals surface area (Å²) in [6, 6.07) is 17.5. The molecule has 1 aromatic heterocycles. The van der Waals surface area contributed by atoms with E-state index in [9.17, 15) is 14.0 Å². The van der Waals surface area contributed by atoms with E-state index in [1.165, 1.54) is 18.3 Å². The molecule has 2 aliphatic heterocycles. The predicted molar refractivity (Wildman–Crippen MR) is 141 cm³/mol. The van der Waals surface area contributed by atoms with Gasteiger partial charge in [0.1, 0.15) is 11.5 Å². The summed E-state index contributed by atoms with van der Waals surface area (Å²) in [6.07, 6.45) is 2.32. The molecule has 37 heavy (non-hydrogen) atoms. The average molecular weight is 522 g/mol. The highest BCUT2D eigenvalue weighted by Crippen LogP contribution is 2.20. The smallest absolute Gasteiger partial charge is 0.270 e. The highest BCUT2D eigenvalue weighted by molar-refractivity contribution is 6.30. The van der Waals surface area contributed by atoms with Crippen LogP contribution in [0.4, 0.5) is 10.1 Å². The van der Waals surface area contributed by atoms with Crippen LogP contribution in [0, 0.1) is 5.82 Å². The van der Waals surface area contributed by atoms with Crippen LogP contribution in [0.5, 0.6) is 0 Å². The van der Waals surface area contributed by atoms with E-state index in [4.69, 9.17) is 11.6 Å². The Morgan fingerprint density at radius 1 is 0.946 bits per heavy atom. The quantitative estimate of drug-likeness (QED) is 0.534. The van der Waals surface area contributed by atoms with Gasteiger partial charge in [-0.25, -0.2) is 4.39 Å². The molecular formula is C28H29ClFN5O2. The number of anilines is 1. The number of halogens is 2. The molecule has 2 fully saturated rings. The van der Waals surface area contributed by atoms with E-state index in [1.54, 1.807) is 24.3 Å². The van der Waals surface area contributed by atoms with Crippen molar-refractivity contribution in [2.24, 2.45) is 0 Å². The van der Waals surface area contributed by atoms with Gasteiger partial charge < -0.3 is 15.1 Å².